The Morgan fingerprint density at radius 1 is 1.09 bits per heavy atom. The molecule has 0 atom stereocenters. The van der Waals surface area contributed by atoms with Gasteiger partial charge in [0.25, 0.3) is 0 Å². The Bertz CT molecular complexity index is 1280. The Morgan fingerprint density at radius 3 is 2.78 bits per heavy atom. The monoisotopic (exact) mass is 466 g/mol. The predicted octanol–water partition coefficient (Wildman–Crippen LogP) is 4.26. The maximum Gasteiger partial charge on any atom is 0.236 e. The second-order valence-electron chi connectivity index (χ2n) is 6.80. The number of thiazole rings is 1. The molecule has 1 amide bonds. The molecule has 10 heteroatoms. The first kappa shape index (κ1) is 20.5. The van der Waals surface area contributed by atoms with Gasteiger partial charge >= 0.3 is 0 Å². The van der Waals surface area contributed by atoms with Gasteiger partial charge in [-0.2, -0.15) is 0 Å². The van der Waals surface area contributed by atoms with Crippen molar-refractivity contribution in [3.05, 3.63) is 48.5 Å². The predicted molar refractivity (Wildman–Crippen MR) is 124 cm³/mol. The Morgan fingerprint density at radius 2 is 1.97 bits per heavy atom. The molecule has 32 heavy (non-hydrogen) atoms. The normalized spacial score (nSPS) is 12.5. The van der Waals surface area contributed by atoms with Gasteiger partial charge in [-0.05, 0) is 48.5 Å². The SMILES string of the molecule is COc1ccc2nc(NC(=O)CSc3ccc(-c4ccc5c(c4)OCCO5)nn3)sc2c1. The van der Waals surface area contributed by atoms with E-state index < -0.39 is 0 Å². The number of carbonyl (C=O) groups excluding carboxylic acids is 1. The number of thioether (sulfide) groups is 1. The van der Waals surface area contributed by atoms with Gasteiger partial charge in [-0.25, -0.2) is 4.98 Å². The fourth-order valence-electron chi connectivity index (χ4n) is 3.13. The van der Waals surface area contributed by atoms with Crippen LogP contribution in [0.1, 0.15) is 0 Å². The van der Waals surface area contributed by atoms with Gasteiger partial charge in [-0.3, -0.25) is 4.79 Å². The van der Waals surface area contributed by atoms with Gasteiger partial charge in [0.2, 0.25) is 5.91 Å². The van der Waals surface area contributed by atoms with Crippen molar-refractivity contribution in [3.8, 4) is 28.5 Å². The highest BCUT2D eigenvalue weighted by Crippen LogP contribution is 2.34. The first-order chi connectivity index (χ1) is 15.7. The number of carbonyl (C=O) groups is 1. The molecule has 0 aliphatic carbocycles. The van der Waals surface area contributed by atoms with Gasteiger partial charge in [0.1, 0.15) is 24.0 Å². The van der Waals surface area contributed by atoms with Crippen molar-refractivity contribution in [1.29, 1.82) is 0 Å². The summed E-state index contributed by atoms with van der Waals surface area (Å²) in [7, 11) is 1.62. The van der Waals surface area contributed by atoms with Crippen molar-refractivity contribution in [2.45, 2.75) is 5.03 Å². The summed E-state index contributed by atoms with van der Waals surface area (Å²) in [6.45, 7) is 1.09. The lowest BCUT2D eigenvalue weighted by Gasteiger charge is -2.18. The van der Waals surface area contributed by atoms with Gasteiger partial charge < -0.3 is 19.5 Å². The quantitative estimate of drug-likeness (QED) is 0.421. The first-order valence-corrected chi connectivity index (χ1v) is 11.6. The van der Waals surface area contributed by atoms with Crippen LogP contribution in [0.5, 0.6) is 17.2 Å². The summed E-state index contributed by atoms with van der Waals surface area (Å²) < 4.78 is 17.3. The molecular weight excluding hydrogens is 448 g/mol. The molecule has 1 N–H and O–H groups in total. The van der Waals surface area contributed by atoms with Crippen LogP contribution in [-0.2, 0) is 4.79 Å². The number of nitrogens with zero attached hydrogens (tertiary/aromatic N) is 3. The van der Waals surface area contributed by atoms with E-state index in [1.54, 1.807) is 7.11 Å². The Balaban J connectivity index is 1.19. The first-order valence-electron chi connectivity index (χ1n) is 9.79. The lowest BCUT2D eigenvalue weighted by atomic mass is 10.1. The zero-order valence-electron chi connectivity index (χ0n) is 17.0. The third kappa shape index (κ3) is 4.46. The summed E-state index contributed by atoms with van der Waals surface area (Å²) in [5.41, 5.74) is 2.43. The van der Waals surface area contributed by atoms with Gasteiger partial charge in [-0.1, -0.05) is 23.1 Å². The molecule has 0 radical (unpaired) electrons. The van der Waals surface area contributed by atoms with Crippen molar-refractivity contribution >= 4 is 44.4 Å². The van der Waals surface area contributed by atoms with Gasteiger partial charge in [0.05, 0.1) is 28.8 Å². The molecule has 3 heterocycles. The van der Waals surface area contributed by atoms with Gasteiger partial charge in [-0.15, -0.1) is 10.2 Å². The van der Waals surface area contributed by atoms with Crippen molar-refractivity contribution in [3.63, 3.8) is 0 Å². The number of fused-ring (bicyclic) bond motifs is 2. The second kappa shape index (κ2) is 9.01. The standard InChI is InChI=1S/C22H18N4O4S2/c1-28-14-3-4-16-19(11-14)32-22(23-16)24-20(27)12-31-21-7-5-15(25-26-21)13-2-6-17-18(10-13)30-9-8-29-17/h2-7,10-11H,8-9,12H2,1H3,(H,23,24,27). The summed E-state index contributed by atoms with van der Waals surface area (Å²) in [6.07, 6.45) is 0. The van der Waals surface area contributed by atoms with E-state index in [0.29, 0.717) is 29.1 Å². The van der Waals surface area contributed by atoms with E-state index in [-0.39, 0.29) is 11.7 Å². The number of hydrogen-bond acceptors (Lipinski definition) is 9. The Labute approximate surface area is 191 Å². The van der Waals surface area contributed by atoms with Crippen LogP contribution in [0.25, 0.3) is 21.5 Å². The zero-order valence-corrected chi connectivity index (χ0v) is 18.7. The summed E-state index contributed by atoms with van der Waals surface area (Å²) in [5.74, 6) is 2.25. The summed E-state index contributed by atoms with van der Waals surface area (Å²) >= 11 is 2.72. The van der Waals surface area contributed by atoms with E-state index in [1.807, 2.05) is 48.5 Å². The maximum absolute atomic E-state index is 12.3. The summed E-state index contributed by atoms with van der Waals surface area (Å²) in [5, 5.41) is 12.6. The highest BCUT2D eigenvalue weighted by Gasteiger charge is 2.14. The highest BCUT2D eigenvalue weighted by molar-refractivity contribution is 7.99. The number of methoxy groups -OCH3 is 1. The largest absolute Gasteiger partial charge is 0.497 e. The maximum atomic E-state index is 12.3. The van der Waals surface area contributed by atoms with E-state index in [4.69, 9.17) is 14.2 Å². The van der Waals surface area contributed by atoms with E-state index in [0.717, 1.165) is 33.0 Å². The molecular formula is C22H18N4O4S2. The molecule has 0 saturated heterocycles. The molecule has 0 saturated carbocycles. The minimum absolute atomic E-state index is 0.154. The summed E-state index contributed by atoms with van der Waals surface area (Å²) in [4.78, 5) is 16.8. The van der Waals surface area contributed by atoms with Crippen LogP contribution in [0.2, 0.25) is 0 Å². The molecule has 0 bridgehead atoms. The molecule has 1 aliphatic heterocycles. The van der Waals surface area contributed by atoms with Crippen LogP contribution in [0.4, 0.5) is 5.13 Å². The molecule has 0 unspecified atom stereocenters. The Kier molecular flexibility index (Phi) is 5.78. The average Bonchev–Trinajstić information content (AvgIpc) is 3.24. The molecule has 162 valence electrons. The van der Waals surface area contributed by atoms with Crippen molar-refractivity contribution < 1.29 is 19.0 Å². The van der Waals surface area contributed by atoms with E-state index >= 15 is 0 Å². The molecule has 2 aromatic carbocycles. The number of hydrogen-bond donors (Lipinski definition) is 1. The number of anilines is 1. The molecule has 0 spiro atoms. The lowest BCUT2D eigenvalue weighted by molar-refractivity contribution is -0.113. The van der Waals surface area contributed by atoms with E-state index in [9.17, 15) is 4.79 Å². The van der Waals surface area contributed by atoms with Gasteiger partial charge in [0, 0.05) is 5.56 Å². The van der Waals surface area contributed by atoms with Crippen molar-refractivity contribution in [2.24, 2.45) is 0 Å². The minimum atomic E-state index is -0.154. The molecule has 2 aromatic heterocycles. The minimum Gasteiger partial charge on any atom is -0.497 e. The van der Waals surface area contributed by atoms with Crippen LogP contribution in [-0.4, -0.2) is 47.2 Å². The zero-order chi connectivity index (χ0) is 21.9. The van der Waals surface area contributed by atoms with Crippen molar-refractivity contribution in [1.82, 2.24) is 15.2 Å². The highest BCUT2D eigenvalue weighted by atomic mass is 32.2. The number of rotatable bonds is 6. The van der Waals surface area contributed by atoms with E-state index in [2.05, 4.69) is 20.5 Å². The molecule has 8 nitrogen and oxygen atoms in total. The van der Waals surface area contributed by atoms with E-state index in [1.165, 1.54) is 23.1 Å². The number of nitrogens with one attached hydrogen (secondary N) is 1. The lowest BCUT2D eigenvalue weighted by Crippen LogP contribution is -2.15. The molecule has 5 rings (SSSR count). The third-order valence-electron chi connectivity index (χ3n) is 4.67. The number of benzene rings is 2. The fraction of sp³-hybridized carbons (Fsp3) is 0.182. The fourth-order valence-corrected chi connectivity index (χ4v) is 4.66. The smallest absolute Gasteiger partial charge is 0.236 e. The third-order valence-corrected chi connectivity index (χ3v) is 6.52. The number of aromatic nitrogens is 3. The number of amides is 1. The van der Waals surface area contributed by atoms with Crippen molar-refractivity contribution in [2.75, 3.05) is 31.4 Å². The van der Waals surface area contributed by atoms with Crippen LogP contribution in [0.15, 0.2) is 53.6 Å². The Hall–Kier alpha value is -3.37. The van der Waals surface area contributed by atoms with Crippen LogP contribution < -0.4 is 19.5 Å². The number of ether oxygens (including phenoxy) is 3. The van der Waals surface area contributed by atoms with Crippen LogP contribution >= 0.6 is 23.1 Å². The second-order valence-corrected chi connectivity index (χ2v) is 8.83. The molecule has 1 aliphatic rings. The van der Waals surface area contributed by atoms with Crippen LogP contribution in [0, 0.1) is 0 Å². The average molecular weight is 467 g/mol. The molecule has 4 aromatic rings. The van der Waals surface area contributed by atoms with Gasteiger partial charge in [0.15, 0.2) is 16.6 Å². The summed E-state index contributed by atoms with van der Waals surface area (Å²) in [6, 6.07) is 15.0. The molecule has 0 fully saturated rings. The topological polar surface area (TPSA) is 95.5 Å². The van der Waals surface area contributed by atoms with Crippen LogP contribution in [0.3, 0.4) is 0 Å².